The van der Waals surface area contributed by atoms with Crippen molar-refractivity contribution in [2.45, 2.75) is 42.9 Å². The summed E-state index contributed by atoms with van der Waals surface area (Å²) in [6.45, 7) is 9.24. The van der Waals surface area contributed by atoms with Gasteiger partial charge in [0.2, 0.25) is 0 Å². The van der Waals surface area contributed by atoms with Crippen LogP contribution in [0, 0.1) is 0 Å². The lowest BCUT2D eigenvalue weighted by molar-refractivity contribution is -0.122. The minimum absolute atomic E-state index is 0.0522. The number of rotatable bonds is 1. The molecule has 3 rings (SSSR count). The molecule has 0 unspecified atom stereocenters. The summed E-state index contributed by atoms with van der Waals surface area (Å²) in [7, 11) is 0. The van der Waals surface area contributed by atoms with Crippen molar-refractivity contribution in [3.63, 3.8) is 0 Å². The molecule has 0 atom stereocenters. The number of amides is 1. The fraction of sp³-hybridized carbons (Fsp3) is 0.375. The highest BCUT2D eigenvalue weighted by Crippen LogP contribution is 2.55. The summed E-state index contributed by atoms with van der Waals surface area (Å²) in [5.41, 5.74) is 1.45. The highest BCUT2D eigenvalue weighted by molar-refractivity contribution is 8.30. The van der Waals surface area contributed by atoms with E-state index >= 15 is 0 Å². The number of nitrogens with zero attached hydrogens (tertiary/aromatic N) is 1. The average molecular weight is 368 g/mol. The monoisotopic (exact) mass is 367 g/mol. The van der Waals surface area contributed by atoms with Gasteiger partial charge in [0.05, 0.1) is 4.24 Å². The molecule has 0 spiro atoms. The summed E-state index contributed by atoms with van der Waals surface area (Å²) in [5, 5.41) is 0. The molecule has 2 aliphatic rings. The van der Waals surface area contributed by atoms with Crippen molar-refractivity contribution in [1.82, 2.24) is 4.90 Å². The topological polar surface area (TPSA) is 20.3 Å². The third kappa shape index (κ3) is 2.86. The van der Waals surface area contributed by atoms with Crippen molar-refractivity contribution in [2.24, 2.45) is 0 Å². The predicted octanol–water partition coefficient (Wildman–Crippen LogP) is 5.23. The number of carbonyl (C=O) groups excluding carboxylic acids is 1. The quantitative estimate of drug-likeness (QED) is 0.499. The Bertz CT molecular complexity index is 703. The molecule has 6 heteroatoms. The van der Waals surface area contributed by atoms with Gasteiger partial charge in [-0.2, -0.15) is 0 Å². The van der Waals surface area contributed by atoms with E-state index in [-0.39, 0.29) is 11.3 Å². The summed E-state index contributed by atoms with van der Waals surface area (Å²) < 4.78 is 1.73. The summed E-state index contributed by atoms with van der Waals surface area (Å²) in [5.74, 6) is 0.0522. The van der Waals surface area contributed by atoms with Crippen LogP contribution < -0.4 is 0 Å². The lowest BCUT2D eigenvalue weighted by Crippen LogP contribution is -2.27. The molecule has 1 aromatic carbocycles. The smallest absolute Gasteiger partial charge is 0.267 e. The van der Waals surface area contributed by atoms with E-state index in [1.54, 1.807) is 28.4 Å². The maximum atomic E-state index is 12.4. The molecule has 2 nitrogen and oxygen atoms in total. The van der Waals surface area contributed by atoms with Gasteiger partial charge in [-0.15, -0.1) is 0 Å². The van der Waals surface area contributed by atoms with E-state index in [1.165, 1.54) is 27.1 Å². The highest BCUT2D eigenvalue weighted by atomic mass is 32.2. The number of thiocarbonyl (C=S) groups is 1. The normalized spacial score (nSPS) is 21.7. The van der Waals surface area contributed by atoms with E-state index in [0.29, 0.717) is 10.9 Å². The summed E-state index contributed by atoms with van der Waals surface area (Å²) >= 11 is 10.1. The Hall–Kier alpha value is -0.430. The molecule has 2 heterocycles. The summed E-state index contributed by atoms with van der Waals surface area (Å²) in [4.78, 5) is 17.4. The van der Waals surface area contributed by atoms with Crippen LogP contribution in [-0.4, -0.2) is 21.7 Å². The Kier molecular flexibility index (Phi) is 4.40. The molecule has 1 amide bonds. The Morgan fingerprint density at radius 3 is 2.41 bits per heavy atom. The van der Waals surface area contributed by atoms with Crippen molar-refractivity contribution in [1.29, 1.82) is 0 Å². The van der Waals surface area contributed by atoms with E-state index in [1.807, 2.05) is 6.92 Å². The highest BCUT2D eigenvalue weighted by Gasteiger charge is 2.36. The van der Waals surface area contributed by atoms with Gasteiger partial charge >= 0.3 is 0 Å². The van der Waals surface area contributed by atoms with E-state index in [4.69, 9.17) is 12.2 Å². The van der Waals surface area contributed by atoms with E-state index in [9.17, 15) is 4.79 Å². The molecular formula is C16H17NOS4. The van der Waals surface area contributed by atoms with Crippen molar-refractivity contribution in [2.75, 3.05) is 6.54 Å². The Morgan fingerprint density at radius 1 is 1.14 bits per heavy atom. The lowest BCUT2D eigenvalue weighted by Gasteiger charge is -2.19. The summed E-state index contributed by atoms with van der Waals surface area (Å²) in [6.07, 6.45) is 0. The van der Waals surface area contributed by atoms with Crippen LogP contribution in [-0.2, 0) is 10.2 Å². The second-order valence-corrected chi connectivity index (χ2v) is 10.2. The molecule has 116 valence electrons. The van der Waals surface area contributed by atoms with Gasteiger partial charge in [0.25, 0.3) is 5.91 Å². The zero-order chi connectivity index (χ0) is 16.1. The van der Waals surface area contributed by atoms with Crippen LogP contribution in [0.3, 0.4) is 0 Å². The van der Waals surface area contributed by atoms with Gasteiger partial charge in [-0.25, -0.2) is 0 Å². The van der Waals surface area contributed by atoms with Crippen LogP contribution in [0.5, 0.6) is 0 Å². The Balaban J connectivity index is 1.93. The maximum Gasteiger partial charge on any atom is 0.267 e. The van der Waals surface area contributed by atoms with Crippen molar-refractivity contribution in [3.05, 3.63) is 32.9 Å². The molecule has 0 bridgehead atoms. The molecule has 0 aromatic heterocycles. The van der Waals surface area contributed by atoms with E-state index in [2.05, 4.69) is 39.0 Å². The molecule has 0 radical (unpaired) electrons. The molecule has 1 aromatic rings. The average Bonchev–Trinajstić information content (AvgIpc) is 2.97. The largest absolute Gasteiger partial charge is 0.293 e. The number of hydrogen-bond donors (Lipinski definition) is 0. The molecule has 22 heavy (non-hydrogen) atoms. The molecule has 0 N–H and O–H groups in total. The first kappa shape index (κ1) is 16.4. The fourth-order valence-corrected chi connectivity index (χ4v) is 6.35. The molecule has 1 saturated heterocycles. The summed E-state index contributed by atoms with van der Waals surface area (Å²) in [6, 6.07) is 6.61. The van der Waals surface area contributed by atoms with Crippen LogP contribution >= 0.6 is 47.5 Å². The molecule has 1 fully saturated rings. The third-order valence-corrected chi connectivity index (χ3v) is 7.81. The van der Waals surface area contributed by atoms with Crippen LogP contribution in [0.4, 0.5) is 0 Å². The number of benzene rings is 1. The SMILES string of the molecule is CCN1C(=O)/C(=C2\Sc3ccc(C(C)(C)C)cc3S2)SC1=S. The van der Waals surface area contributed by atoms with Gasteiger partial charge in [-0.1, -0.05) is 74.3 Å². The van der Waals surface area contributed by atoms with Gasteiger partial charge in [-0.05, 0) is 30.0 Å². The van der Waals surface area contributed by atoms with Crippen molar-refractivity contribution in [3.8, 4) is 0 Å². The number of carbonyl (C=O) groups is 1. The van der Waals surface area contributed by atoms with Crippen molar-refractivity contribution >= 4 is 57.7 Å². The number of likely N-dealkylation sites (N-methyl/N-ethyl adjacent to an activating group) is 1. The lowest BCUT2D eigenvalue weighted by atomic mass is 9.87. The first-order chi connectivity index (χ1) is 10.3. The van der Waals surface area contributed by atoms with E-state index in [0.717, 1.165) is 9.14 Å². The van der Waals surface area contributed by atoms with Crippen LogP contribution in [0.2, 0.25) is 0 Å². The van der Waals surface area contributed by atoms with Crippen molar-refractivity contribution < 1.29 is 4.79 Å². The number of hydrogen-bond acceptors (Lipinski definition) is 5. The number of thioether (sulfide) groups is 3. The maximum absolute atomic E-state index is 12.4. The first-order valence-electron chi connectivity index (χ1n) is 7.09. The first-order valence-corrected chi connectivity index (χ1v) is 9.95. The number of fused-ring (bicyclic) bond motifs is 1. The molecular weight excluding hydrogens is 350 g/mol. The Labute approximate surface area is 149 Å². The molecule has 0 aliphatic carbocycles. The van der Waals surface area contributed by atoms with Gasteiger partial charge in [-0.3, -0.25) is 9.69 Å². The van der Waals surface area contributed by atoms with Crippen LogP contribution in [0.25, 0.3) is 0 Å². The van der Waals surface area contributed by atoms with Gasteiger partial charge in [0, 0.05) is 16.3 Å². The van der Waals surface area contributed by atoms with Gasteiger partial charge < -0.3 is 0 Å². The second-order valence-electron chi connectivity index (χ2n) is 6.15. The van der Waals surface area contributed by atoms with Gasteiger partial charge in [0.15, 0.2) is 0 Å². The molecule has 2 aliphatic heterocycles. The Morgan fingerprint density at radius 2 is 1.82 bits per heavy atom. The zero-order valence-electron chi connectivity index (χ0n) is 12.9. The van der Waals surface area contributed by atoms with E-state index < -0.39 is 0 Å². The minimum Gasteiger partial charge on any atom is -0.293 e. The molecule has 0 saturated carbocycles. The zero-order valence-corrected chi connectivity index (χ0v) is 16.2. The fourth-order valence-electron chi connectivity index (χ4n) is 2.25. The minimum atomic E-state index is 0.0522. The standard InChI is InChI=1S/C16H17NOS4/c1-5-17-13(18)12(22-15(17)19)14-20-10-7-6-9(16(2,3)4)8-11(10)21-14/h6-8H,5H2,1-4H3/b14-12-. The van der Waals surface area contributed by atoms with Crippen LogP contribution in [0.15, 0.2) is 37.1 Å². The van der Waals surface area contributed by atoms with Crippen LogP contribution in [0.1, 0.15) is 33.3 Å². The third-order valence-electron chi connectivity index (χ3n) is 3.57. The second kappa shape index (κ2) is 5.89. The van der Waals surface area contributed by atoms with Gasteiger partial charge in [0.1, 0.15) is 9.23 Å². The predicted molar refractivity (Wildman–Crippen MR) is 101 cm³/mol.